The average molecular weight is 728 g/mol. The van der Waals surface area contributed by atoms with Gasteiger partial charge in [-0.05, 0) is 112 Å². The van der Waals surface area contributed by atoms with E-state index in [4.69, 9.17) is 0 Å². The average Bonchev–Trinajstić information content (AvgIpc) is 3.56. The van der Waals surface area contributed by atoms with E-state index < -0.39 is 0 Å². The van der Waals surface area contributed by atoms with Gasteiger partial charge >= 0.3 is 0 Å². The Morgan fingerprint density at radius 1 is 0.661 bits per heavy atom. The molecule has 6 aromatic rings. The van der Waals surface area contributed by atoms with Crippen LogP contribution in [0.3, 0.4) is 0 Å². The molecule has 56 heavy (non-hydrogen) atoms. The molecule has 1 nitrogen and oxygen atoms in total. The fourth-order valence-corrected chi connectivity index (χ4v) is 10.0. The zero-order chi connectivity index (χ0) is 38.8. The van der Waals surface area contributed by atoms with Crippen LogP contribution in [-0.2, 0) is 11.8 Å². The summed E-state index contributed by atoms with van der Waals surface area (Å²) in [6.07, 6.45) is 10.5. The highest BCUT2D eigenvalue weighted by Crippen LogP contribution is 2.63. The Kier molecular flexibility index (Phi) is 8.89. The molecule has 1 unspecified atom stereocenters. The minimum atomic E-state index is -0.129. The number of allylic oxidation sites excluding steroid dienone is 8. The van der Waals surface area contributed by atoms with E-state index in [0.29, 0.717) is 5.92 Å². The molecule has 0 saturated heterocycles. The second-order valence-corrected chi connectivity index (χ2v) is 17.2. The third-order valence-electron chi connectivity index (χ3n) is 13.4. The van der Waals surface area contributed by atoms with Crippen LogP contribution in [0, 0.1) is 5.41 Å². The van der Waals surface area contributed by atoms with Crippen LogP contribution in [0.15, 0.2) is 180 Å². The number of benzene rings is 6. The molecule has 0 bridgehead atoms. The first kappa shape index (κ1) is 36.0. The highest BCUT2D eigenvalue weighted by molar-refractivity contribution is 6.03. The molecule has 0 saturated carbocycles. The summed E-state index contributed by atoms with van der Waals surface area (Å²) in [5.41, 5.74) is 20.2. The van der Waals surface area contributed by atoms with E-state index >= 15 is 0 Å². The van der Waals surface area contributed by atoms with Crippen LogP contribution in [-0.4, -0.2) is 0 Å². The molecule has 0 radical (unpaired) electrons. The number of aryl methyl sites for hydroxylation is 1. The molecule has 3 aliphatic carbocycles. The van der Waals surface area contributed by atoms with Gasteiger partial charge in [-0.15, -0.1) is 0 Å². The summed E-state index contributed by atoms with van der Waals surface area (Å²) in [6, 6.07) is 49.9. The van der Waals surface area contributed by atoms with Crippen LogP contribution in [0.2, 0.25) is 0 Å². The normalized spacial score (nSPS) is 18.0. The molecule has 1 heteroatoms. The van der Waals surface area contributed by atoms with Crippen molar-refractivity contribution < 1.29 is 0 Å². The van der Waals surface area contributed by atoms with Crippen molar-refractivity contribution in [3.8, 4) is 22.3 Å². The Morgan fingerprint density at radius 3 is 1.80 bits per heavy atom. The first-order valence-corrected chi connectivity index (χ1v) is 20.6. The van der Waals surface area contributed by atoms with Gasteiger partial charge < -0.3 is 4.90 Å². The van der Waals surface area contributed by atoms with E-state index in [1.54, 1.807) is 11.1 Å². The zero-order valence-corrected chi connectivity index (χ0v) is 34.1. The lowest BCUT2D eigenvalue weighted by atomic mass is 9.71. The number of anilines is 3. The molecular weight excluding hydrogens is 675 g/mol. The van der Waals surface area contributed by atoms with Crippen molar-refractivity contribution >= 4 is 27.8 Å². The van der Waals surface area contributed by atoms with Gasteiger partial charge in [-0.3, -0.25) is 0 Å². The standard InChI is InChI=1S/C55H53N/c1-8-15-37-21-23-39(24-22-37)41-27-31-43(32-28-41)56(42-29-25-40(26-30-42)38-17-11-10-12-18-38)52-35-51-53(46-20-14-13-19-45(46)52)48-34-49-47(33-50(48)55(51,6)7)44(16-9-2)36(3)54(49,4)5/h9-14,16-33,35,48H,8,15,34H2,1-7H3. The summed E-state index contributed by atoms with van der Waals surface area (Å²) >= 11 is 0. The first-order chi connectivity index (χ1) is 27.1. The van der Waals surface area contributed by atoms with E-state index in [1.807, 2.05) is 0 Å². The van der Waals surface area contributed by atoms with E-state index in [1.165, 1.54) is 72.1 Å². The maximum atomic E-state index is 2.60. The van der Waals surface area contributed by atoms with Crippen LogP contribution in [0.4, 0.5) is 17.1 Å². The number of nitrogens with zero attached hydrogens (tertiary/aromatic N) is 1. The Balaban J connectivity index is 1.21. The highest BCUT2D eigenvalue weighted by atomic mass is 15.1. The Morgan fingerprint density at radius 2 is 1.21 bits per heavy atom. The van der Waals surface area contributed by atoms with E-state index in [-0.39, 0.29) is 10.8 Å². The maximum Gasteiger partial charge on any atom is 0.0543 e. The fourth-order valence-electron chi connectivity index (χ4n) is 10.0. The molecule has 3 aliphatic rings. The maximum absolute atomic E-state index is 2.60. The molecule has 0 N–H and O–H groups in total. The van der Waals surface area contributed by atoms with E-state index in [9.17, 15) is 0 Å². The second kappa shape index (κ2) is 13.8. The van der Waals surface area contributed by atoms with Crippen molar-refractivity contribution in [2.45, 2.75) is 79.1 Å². The molecule has 1 atom stereocenters. The zero-order valence-electron chi connectivity index (χ0n) is 34.1. The third-order valence-corrected chi connectivity index (χ3v) is 13.4. The van der Waals surface area contributed by atoms with Gasteiger partial charge in [0.15, 0.2) is 0 Å². The van der Waals surface area contributed by atoms with Crippen molar-refractivity contribution in [3.63, 3.8) is 0 Å². The van der Waals surface area contributed by atoms with Crippen LogP contribution >= 0.6 is 0 Å². The fraction of sp³-hybridized carbons (Fsp3) is 0.236. The molecule has 0 amide bonds. The Labute approximate surface area is 334 Å². The summed E-state index contributed by atoms with van der Waals surface area (Å²) in [7, 11) is 0. The minimum Gasteiger partial charge on any atom is -0.310 e. The van der Waals surface area contributed by atoms with E-state index in [2.05, 4.69) is 205 Å². The lowest BCUT2D eigenvalue weighted by Crippen LogP contribution is -2.22. The van der Waals surface area contributed by atoms with E-state index in [0.717, 1.165) is 30.6 Å². The largest absolute Gasteiger partial charge is 0.310 e. The predicted molar refractivity (Wildman–Crippen MR) is 240 cm³/mol. The number of hydrogen-bond donors (Lipinski definition) is 0. The molecule has 0 fully saturated rings. The van der Waals surface area contributed by atoms with Crippen molar-refractivity contribution in [3.05, 3.63) is 196 Å². The lowest BCUT2D eigenvalue weighted by molar-refractivity contribution is 0.502. The summed E-state index contributed by atoms with van der Waals surface area (Å²) < 4.78 is 0. The minimum absolute atomic E-state index is 0.0429. The van der Waals surface area contributed by atoms with Crippen molar-refractivity contribution in [1.29, 1.82) is 0 Å². The SMILES string of the molecule is CC=CC1=C(C)C(C)(C)C2=C1C=C1C(C2)c2c(cc(N(c3ccc(-c4ccccc4)cc3)c3ccc(-c4ccc(CCC)cc4)cc3)c3ccccc23)C1(C)C. The quantitative estimate of drug-likeness (QED) is 0.151. The molecule has 0 spiro atoms. The molecule has 9 rings (SSSR count). The van der Waals surface area contributed by atoms with Crippen LogP contribution in [0.5, 0.6) is 0 Å². The second-order valence-electron chi connectivity index (χ2n) is 17.2. The Bertz CT molecular complexity index is 2590. The number of rotatable bonds is 8. The van der Waals surface area contributed by atoms with Gasteiger partial charge in [-0.1, -0.05) is 179 Å². The van der Waals surface area contributed by atoms with Gasteiger partial charge in [-0.2, -0.15) is 0 Å². The predicted octanol–water partition coefficient (Wildman–Crippen LogP) is 15.5. The molecule has 0 aliphatic heterocycles. The van der Waals surface area contributed by atoms with Crippen LogP contribution in [0.1, 0.15) is 83.9 Å². The summed E-state index contributed by atoms with van der Waals surface area (Å²) in [5.74, 6) is 0.358. The molecule has 278 valence electrons. The van der Waals surface area contributed by atoms with Crippen molar-refractivity contribution in [2.24, 2.45) is 5.41 Å². The van der Waals surface area contributed by atoms with Gasteiger partial charge in [0.1, 0.15) is 0 Å². The van der Waals surface area contributed by atoms with Gasteiger partial charge in [0.2, 0.25) is 0 Å². The monoisotopic (exact) mass is 727 g/mol. The first-order valence-electron chi connectivity index (χ1n) is 20.6. The van der Waals surface area contributed by atoms with Crippen molar-refractivity contribution in [1.82, 2.24) is 0 Å². The van der Waals surface area contributed by atoms with Gasteiger partial charge in [0.05, 0.1) is 5.69 Å². The topological polar surface area (TPSA) is 3.24 Å². The third kappa shape index (κ3) is 5.74. The number of hydrogen-bond acceptors (Lipinski definition) is 1. The summed E-state index contributed by atoms with van der Waals surface area (Å²) in [5, 5.41) is 2.66. The Hall–Kier alpha value is -5.66. The van der Waals surface area contributed by atoms with Gasteiger partial charge in [-0.25, -0.2) is 0 Å². The van der Waals surface area contributed by atoms with Crippen LogP contribution < -0.4 is 4.90 Å². The number of fused-ring (bicyclic) bond motifs is 5. The summed E-state index contributed by atoms with van der Waals surface area (Å²) in [6.45, 7) is 16.5. The molecular formula is C55H53N. The lowest BCUT2D eigenvalue weighted by Gasteiger charge is -2.33. The molecule has 0 heterocycles. The molecule has 0 aromatic heterocycles. The van der Waals surface area contributed by atoms with Gasteiger partial charge in [0.25, 0.3) is 0 Å². The highest BCUT2D eigenvalue weighted by Gasteiger charge is 2.49. The van der Waals surface area contributed by atoms with Crippen molar-refractivity contribution in [2.75, 3.05) is 4.90 Å². The molecule has 6 aromatic carbocycles. The van der Waals surface area contributed by atoms with Crippen LogP contribution in [0.25, 0.3) is 33.0 Å². The summed E-state index contributed by atoms with van der Waals surface area (Å²) in [4.78, 5) is 2.50. The van der Waals surface area contributed by atoms with Gasteiger partial charge in [0, 0.05) is 33.5 Å². The smallest absolute Gasteiger partial charge is 0.0543 e.